The van der Waals surface area contributed by atoms with Gasteiger partial charge in [-0.25, -0.2) is 4.39 Å². The molecule has 0 amide bonds. The van der Waals surface area contributed by atoms with Gasteiger partial charge >= 0.3 is 0 Å². The molecule has 1 atom stereocenters. The number of rotatable bonds is 4. The molecule has 2 aromatic carbocycles. The molecule has 0 bridgehead atoms. The molecule has 0 aromatic heterocycles. The van der Waals surface area contributed by atoms with Gasteiger partial charge in [0.25, 0.3) is 0 Å². The third-order valence-electron chi connectivity index (χ3n) is 2.78. The van der Waals surface area contributed by atoms with Gasteiger partial charge in [0.15, 0.2) is 0 Å². The van der Waals surface area contributed by atoms with E-state index >= 15 is 0 Å². The first kappa shape index (κ1) is 14.0. The molecule has 0 radical (unpaired) electrons. The van der Waals surface area contributed by atoms with Crippen molar-refractivity contribution in [3.8, 4) is 11.5 Å². The lowest BCUT2D eigenvalue weighted by Crippen LogP contribution is -1.98. The molecule has 0 aliphatic rings. The molecule has 0 fully saturated rings. The maximum Gasteiger partial charge on any atom is 0.137 e. The van der Waals surface area contributed by atoms with Crippen molar-refractivity contribution in [2.75, 3.05) is 0 Å². The summed E-state index contributed by atoms with van der Waals surface area (Å²) in [6, 6.07) is 11.7. The normalized spacial score (nSPS) is 12.2. The molecular formula is C15H14BrFO2. The van der Waals surface area contributed by atoms with Crippen molar-refractivity contribution >= 4 is 15.9 Å². The number of aliphatic hydroxyl groups is 1. The van der Waals surface area contributed by atoms with Gasteiger partial charge in [-0.2, -0.15) is 0 Å². The minimum atomic E-state index is -0.569. The highest BCUT2D eigenvalue weighted by molar-refractivity contribution is 9.10. The summed E-state index contributed by atoms with van der Waals surface area (Å²) in [4.78, 5) is 0. The highest BCUT2D eigenvalue weighted by Crippen LogP contribution is 2.32. The summed E-state index contributed by atoms with van der Waals surface area (Å²) in [6.07, 6.45) is 0.0353. The van der Waals surface area contributed by atoms with Crippen LogP contribution < -0.4 is 4.74 Å². The third kappa shape index (κ3) is 3.33. The van der Waals surface area contributed by atoms with Crippen LogP contribution in [0.25, 0.3) is 0 Å². The zero-order valence-electron chi connectivity index (χ0n) is 10.4. The van der Waals surface area contributed by atoms with Gasteiger partial charge in [0.2, 0.25) is 0 Å². The standard InChI is InChI=1S/C15H14BrFO2/c1-2-14(18)11-5-3-4-6-15(11)19-10-7-8-13(17)12(16)9-10/h3-9,14,18H,2H2,1H3/t14-/m0/s1. The Hall–Kier alpha value is -1.39. The number of hydrogen-bond donors (Lipinski definition) is 1. The van der Waals surface area contributed by atoms with E-state index in [1.165, 1.54) is 6.07 Å². The first-order valence-electron chi connectivity index (χ1n) is 6.01. The molecule has 0 saturated heterocycles. The van der Waals surface area contributed by atoms with E-state index in [4.69, 9.17) is 4.74 Å². The van der Waals surface area contributed by atoms with Gasteiger partial charge in [-0.1, -0.05) is 25.1 Å². The molecule has 4 heteroatoms. The maximum absolute atomic E-state index is 13.2. The average Bonchev–Trinajstić information content (AvgIpc) is 2.43. The molecule has 2 nitrogen and oxygen atoms in total. The first-order chi connectivity index (χ1) is 9.11. The van der Waals surface area contributed by atoms with Crippen molar-refractivity contribution in [1.29, 1.82) is 0 Å². The van der Waals surface area contributed by atoms with Crippen molar-refractivity contribution in [3.63, 3.8) is 0 Å². The number of halogens is 2. The van der Waals surface area contributed by atoms with Gasteiger partial charge in [-0.3, -0.25) is 0 Å². The summed E-state index contributed by atoms with van der Waals surface area (Å²) in [5.74, 6) is 0.758. The number of para-hydroxylation sites is 1. The molecule has 2 rings (SSSR count). The Morgan fingerprint density at radius 3 is 2.68 bits per heavy atom. The summed E-state index contributed by atoms with van der Waals surface area (Å²) in [7, 11) is 0. The number of hydrogen-bond acceptors (Lipinski definition) is 2. The molecule has 0 saturated carbocycles. The summed E-state index contributed by atoms with van der Waals surface area (Å²) in [6.45, 7) is 1.90. The summed E-state index contributed by atoms with van der Waals surface area (Å²) in [5.41, 5.74) is 0.727. The van der Waals surface area contributed by atoms with E-state index in [-0.39, 0.29) is 5.82 Å². The Kier molecular flexibility index (Phi) is 4.56. The number of aliphatic hydroxyl groups excluding tert-OH is 1. The first-order valence-corrected chi connectivity index (χ1v) is 6.81. The topological polar surface area (TPSA) is 29.5 Å². The van der Waals surface area contributed by atoms with E-state index in [0.29, 0.717) is 22.4 Å². The smallest absolute Gasteiger partial charge is 0.137 e. The van der Waals surface area contributed by atoms with Gasteiger partial charge in [-0.05, 0) is 46.6 Å². The van der Waals surface area contributed by atoms with Gasteiger partial charge in [0, 0.05) is 5.56 Å². The zero-order chi connectivity index (χ0) is 13.8. The number of ether oxygens (including phenoxy) is 1. The van der Waals surface area contributed by atoms with Crippen LogP contribution in [0.3, 0.4) is 0 Å². The van der Waals surface area contributed by atoms with Crippen LogP contribution >= 0.6 is 15.9 Å². The second-order valence-corrected chi connectivity index (χ2v) is 4.99. The Bertz CT molecular complexity index is 572. The quantitative estimate of drug-likeness (QED) is 0.873. The molecule has 0 unspecified atom stereocenters. The van der Waals surface area contributed by atoms with Crippen LogP contribution in [0.2, 0.25) is 0 Å². The van der Waals surface area contributed by atoms with Crippen LogP contribution in [0.4, 0.5) is 4.39 Å². The largest absolute Gasteiger partial charge is 0.457 e. The van der Waals surface area contributed by atoms with Crippen molar-refractivity contribution < 1.29 is 14.2 Å². The van der Waals surface area contributed by atoms with Crippen molar-refractivity contribution in [2.24, 2.45) is 0 Å². The molecule has 0 aliphatic carbocycles. The predicted octanol–water partition coefficient (Wildman–Crippen LogP) is 4.82. The summed E-state index contributed by atoms with van der Waals surface area (Å²) < 4.78 is 19.2. The van der Waals surface area contributed by atoms with Crippen LogP contribution in [0.1, 0.15) is 25.0 Å². The van der Waals surface area contributed by atoms with Crippen molar-refractivity contribution in [1.82, 2.24) is 0 Å². The van der Waals surface area contributed by atoms with E-state index in [1.54, 1.807) is 18.2 Å². The minimum Gasteiger partial charge on any atom is -0.457 e. The second-order valence-electron chi connectivity index (χ2n) is 4.14. The molecule has 1 N–H and O–H groups in total. The van der Waals surface area contributed by atoms with E-state index < -0.39 is 6.10 Å². The van der Waals surface area contributed by atoms with Crippen LogP contribution in [-0.4, -0.2) is 5.11 Å². The lowest BCUT2D eigenvalue weighted by Gasteiger charge is -2.14. The van der Waals surface area contributed by atoms with Crippen LogP contribution in [0.15, 0.2) is 46.9 Å². The Morgan fingerprint density at radius 2 is 2.00 bits per heavy atom. The lowest BCUT2D eigenvalue weighted by atomic mass is 10.1. The minimum absolute atomic E-state index is 0.339. The average molecular weight is 325 g/mol. The second kappa shape index (κ2) is 6.17. The van der Waals surface area contributed by atoms with E-state index in [0.717, 1.165) is 5.56 Å². The molecule has 0 heterocycles. The fraction of sp³-hybridized carbons (Fsp3) is 0.200. The fourth-order valence-electron chi connectivity index (χ4n) is 1.74. The number of benzene rings is 2. The van der Waals surface area contributed by atoms with Crippen LogP contribution in [0.5, 0.6) is 11.5 Å². The predicted molar refractivity (Wildman–Crippen MR) is 75.9 cm³/mol. The molecule has 0 aliphatic heterocycles. The van der Waals surface area contributed by atoms with Crippen LogP contribution in [0, 0.1) is 5.82 Å². The lowest BCUT2D eigenvalue weighted by molar-refractivity contribution is 0.170. The van der Waals surface area contributed by atoms with Crippen LogP contribution in [-0.2, 0) is 0 Å². The van der Waals surface area contributed by atoms with Gasteiger partial charge in [0.05, 0.1) is 10.6 Å². The Balaban J connectivity index is 2.30. The Labute approximate surface area is 120 Å². The van der Waals surface area contributed by atoms with E-state index in [9.17, 15) is 9.50 Å². The van der Waals surface area contributed by atoms with Gasteiger partial charge in [0.1, 0.15) is 17.3 Å². The Morgan fingerprint density at radius 1 is 1.26 bits per heavy atom. The van der Waals surface area contributed by atoms with Crippen molar-refractivity contribution in [2.45, 2.75) is 19.4 Å². The molecular weight excluding hydrogens is 311 g/mol. The van der Waals surface area contributed by atoms with E-state index in [2.05, 4.69) is 15.9 Å². The molecule has 0 spiro atoms. The molecule has 19 heavy (non-hydrogen) atoms. The molecule has 100 valence electrons. The fourth-order valence-corrected chi connectivity index (χ4v) is 2.09. The summed E-state index contributed by atoms with van der Waals surface area (Å²) >= 11 is 3.12. The highest BCUT2D eigenvalue weighted by Gasteiger charge is 2.12. The molecule has 2 aromatic rings. The summed E-state index contributed by atoms with van der Waals surface area (Å²) in [5, 5.41) is 9.94. The van der Waals surface area contributed by atoms with E-state index in [1.807, 2.05) is 25.1 Å². The zero-order valence-corrected chi connectivity index (χ0v) is 12.0. The monoisotopic (exact) mass is 324 g/mol. The highest BCUT2D eigenvalue weighted by atomic mass is 79.9. The maximum atomic E-state index is 13.2. The van der Waals surface area contributed by atoms with Crippen molar-refractivity contribution in [3.05, 3.63) is 58.3 Å². The third-order valence-corrected chi connectivity index (χ3v) is 3.39. The SMILES string of the molecule is CC[C@H](O)c1ccccc1Oc1ccc(F)c(Br)c1. The van der Waals surface area contributed by atoms with Gasteiger partial charge in [-0.15, -0.1) is 0 Å². The van der Waals surface area contributed by atoms with Gasteiger partial charge < -0.3 is 9.84 Å².